The summed E-state index contributed by atoms with van der Waals surface area (Å²) in [6.07, 6.45) is 3.91. The summed E-state index contributed by atoms with van der Waals surface area (Å²) in [6.45, 7) is 1.66. The number of nitrogens with one attached hydrogen (secondary N) is 2. The number of aromatic nitrogens is 2. The van der Waals surface area contributed by atoms with Gasteiger partial charge in [0.2, 0.25) is 0 Å². The molecule has 0 saturated carbocycles. The molecule has 0 bridgehead atoms. The van der Waals surface area contributed by atoms with Crippen LogP contribution in [0.3, 0.4) is 0 Å². The second-order valence-corrected chi connectivity index (χ2v) is 5.05. The van der Waals surface area contributed by atoms with Crippen LogP contribution in [-0.4, -0.2) is 36.8 Å². The van der Waals surface area contributed by atoms with E-state index in [1.54, 1.807) is 13.4 Å². The Morgan fingerprint density at radius 2 is 2.32 bits per heavy atom. The van der Waals surface area contributed by atoms with Gasteiger partial charge in [-0.25, -0.2) is 9.78 Å². The second-order valence-electron chi connectivity index (χ2n) is 5.05. The van der Waals surface area contributed by atoms with E-state index in [4.69, 9.17) is 4.74 Å². The van der Waals surface area contributed by atoms with Gasteiger partial charge in [0, 0.05) is 18.4 Å². The fraction of sp³-hybridized carbons (Fsp3) is 0.333. The first-order valence-corrected chi connectivity index (χ1v) is 6.99. The van der Waals surface area contributed by atoms with Gasteiger partial charge < -0.3 is 19.4 Å². The molecular weight excluding hydrogens is 284 g/mol. The van der Waals surface area contributed by atoms with Crippen molar-refractivity contribution in [2.75, 3.05) is 31.0 Å². The van der Waals surface area contributed by atoms with Crippen molar-refractivity contribution in [3.8, 4) is 5.75 Å². The fourth-order valence-electron chi connectivity index (χ4n) is 2.65. The van der Waals surface area contributed by atoms with Crippen LogP contribution < -0.4 is 15.0 Å². The summed E-state index contributed by atoms with van der Waals surface area (Å²) in [5, 5.41) is 2.69. The van der Waals surface area contributed by atoms with Gasteiger partial charge in [-0.15, -0.1) is 0 Å². The van der Waals surface area contributed by atoms with Crippen LogP contribution in [0.4, 0.5) is 16.2 Å². The number of ether oxygens (including phenoxy) is 2. The third-order valence-corrected chi connectivity index (χ3v) is 3.73. The van der Waals surface area contributed by atoms with E-state index in [9.17, 15) is 4.79 Å². The molecular formula is C15H18N4O3. The number of nitrogens with zero attached hydrogens (tertiary/aromatic N) is 2. The third-order valence-electron chi connectivity index (χ3n) is 3.73. The van der Waals surface area contributed by atoms with Crippen LogP contribution in [0.1, 0.15) is 11.3 Å². The van der Waals surface area contributed by atoms with Crippen molar-refractivity contribution in [1.82, 2.24) is 9.97 Å². The highest BCUT2D eigenvalue weighted by atomic mass is 16.5. The lowest BCUT2D eigenvalue weighted by molar-refractivity contribution is 0.187. The number of carbonyl (C=O) groups is 1. The molecule has 1 aromatic carbocycles. The highest BCUT2D eigenvalue weighted by molar-refractivity contribution is 5.88. The Bertz CT molecular complexity index is 670. The first kappa shape index (κ1) is 14.2. The molecule has 1 amide bonds. The van der Waals surface area contributed by atoms with Crippen molar-refractivity contribution in [3.05, 3.63) is 35.9 Å². The summed E-state index contributed by atoms with van der Waals surface area (Å²) in [5.74, 6) is 0.632. The number of hydrogen-bond donors (Lipinski definition) is 2. The Balaban J connectivity index is 1.89. The van der Waals surface area contributed by atoms with Crippen molar-refractivity contribution >= 4 is 17.5 Å². The quantitative estimate of drug-likeness (QED) is 0.904. The number of benzene rings is 1. The molecule has 2 heterocycles. The number of amides is 1. The van der Waals surface area contributed by atoms with Crippen LogP contribution in [0, 0.1) is 0 Å². The summed E-state index contributed by atoms with van der Waals surface area (Å²) in [4.78, 5) is 20.9. The molecule has 0 aliphatic carbocycles. The minimum atomic E-state index is -0.517. The number of hydrogen-bond acceptors (Lipinski definition) is 5. The highest BCUT2D eigenvalue weighted by Gasteiger charge is 2.23. The van der Waals surface area contributed by atoms with Crippen LogP contribution >= 0.6 is 0 Å². The maximum atomic E-state index is 11.5. The van der Waals surface area contributed by atoms with Crippen molar-refractivity contribution in [2.45, 2.75) is 13.0 Å². The van der Waals surface area contributed by atoms with E-state index in [2.05, 4.69) is 24.9 Å². The predicted molar refractivity (Wildman–Crippen MR) is 82.4 cm³/mol. The van der Waals surface area contributed by atoms with Gasteiger partial charge in [-0.3, -0.25) is 5.32 Å². The molecule has 0 saturated heterocycles. The molecule has 2 aromatic rings. The minimum absolute atomic E-state index is 0.517. The molecule has 0 fully saturated rings. The van der Waals surface area contributed by atoms with Crippen LogP contribution in [0.5, 0.6) is 5.75 Å². The predicted octanol–water partition coefficient (Wildman–Crippen LogP) is 2.16. The lowest BCUT2D eigenvalue weighted by Crippen LogP contribution is -2.20. The Labute approximate surface area is 128 Å². The number of anilines is 2. The normalized spacial score (nSPS) is 12.9. The minimum Gasteiger partial charge on any atom is -0.495 e. The van der Waals surface area contributed by atoms with E-state index in [-0.39, 0.29) is 0 Å². The zero-order valence-corrected chi connectivity index (χ0v) is 12.5. The molecule has 1 aromatic heterocycles. The lowest BCUT2D eigenvalue weighted by Gasteiger charge is -2.20. The van der Waals surface area contributed by atoms with Crippen molar-refractivity contribution in [2.24, 2.45) is 0 Å². The highest BCUT2D eigenvalue weighted by Crippen LogP contribution is 2.37. The average molecular weight is 302 g/mol. The van der Waals surface area contributed by atoms with E-state index in [1.807, 2.05) is 18.3 Å². The number of imidazole rings is 1. The number of rotatable bonds is 4. The van der Waals surface area contributed by atoms with Gasteiger partial charge in [0.05, 0.1) is 38.5 Å². The molecule has 7 heteroatoms. The first-order valence-electron chi connectivity index (χ1n) is 6.99. The zero-order chi connectivity index (χ0) is 15.5. The van der Waals surface area contributed by atoms with Gasteiger partial charge in [0.15, 0.2) is 0 Å². The van der Waals surface area contributed by atoms with Gasteiger partial charge in [0.1, 0.15) is 5.75 Å². The standard InChI is InChI=1S/C15H18N4O3/c1-21-14-5-10-3-4-19(8-11-7-16-9-17-11)13(10)6-12(14)18-15(20)22-2/h5-7,9H,3-4,8H2,1-2H3,(H,16,17)(H,18,20). The molecule has 0 atom stereocenters. The molecule has 3 rings (SSSR count). The van der Waals surface area contributed by atoms with Gasteiger partial charge >= 0.3 is 6.09 Å². The smallest absolute Gasteiger partial charge is 0.411 e. The molecule has 116 valence electrons. The number of carbonyl (C=O) groups excluding carboxylic acids is 1. The van der Waals surface area contributed by atoms with Gasteiger partial charge in [0.25, 0.3) is 0 Å². The molecule has 0 radical (unpaired) electrons. The van der Waals surface area contributed by atoms with Gasteiger partial charge in [-0.05, 0) is 24.1 Å². The maximum absolute atomic E-state index is 11.5. The molecule has 0 unspecified atom stereocenters. The SMILES string of the molecule is COC(=O)Nc1cc2c(cc1OC)CCN2Cc1cnc[nH]1. The van der Waals surface area contributed by atoms with Crippen LogP contribution in [0.15, 0.2) is 24.7 Å². The van der Waals surface area contributed by atoms with Crippen LogP contribution in [0.25, 0.3) is 0 Å². The molecule has 1 aliphatic rings. The Kier molecular flexibility index (Phi) is 3.86. The second kappa shape index (κ2) is 5.97. The molecule has 1 aliphatic heterocycles. The number of fused-ring (bicyclic) bond motifs is 1. The molecule has 0 spiro atoms. The summed E-state index contributed by atoms with van der Waals surface area (Å²) < 4.78 is 10.0. The Morgan fingerprint density at radius 1 is 1.45 bits per heavy atom. The monoisotopic (exact) mass is 302 g/mol. The summed E-state index contributed by atoms with van der Waals surface area (Å²) in [6, 6.07) is 3.89. The number of H-pyrrole nitrogens is 1. The third kappa shape index (κ3) is 2.69. The molecule has 7 nitrogen and oxygen atoms in total. The van der Waals surface area contributed by atoms with E-state index in [1.165, 1.54) is 12.7 Å². The Morgan fingerprint density at radius 3 is 3.00 bits per heavy atom. The number of aromatic amines is 1. The van der Waals surface area contributed by atoms with Gasteiger partial charge in [-0.1, -0.05) is 0 Å². The Hall–Kier alpha value is -2.70. The topological polar surface area (TPSA) is 79.5 Å². The zero-order valence-electron chi connectivity index (χ0n) is 12.5. The molecule has 2 N–H and O–H groups in total. The number of methoxy groups -OCH3 is 2. The maximum Gasteiger partial charge on any atom is 0.411 e. The van der Waals surface area contributed by atoms with E-state index >= 15 is 0 Å². The van der Waals surface area contributed by atoms with Gasteiger partial charge in [-0.2, -0.15) is 0 Å². The fourth-order valence-corrected chi connectivity index (χ4v) is 2.65. The average Bonchev–Trinajstić information content (AvgIpc) is 3.17. The summed E-state index contributed by atoms with van der Waals surface area (Å²) in [7, 11) is 2.92. The lowest BCUT2D eigenvalue weighted by atomic mass is 10.1. The largest absolute Gasteiger partial charge is 0.495 e. The van der Waals surface area contributed by atoms with Crippen LogP contribution in [-0.2, 0) is 17.7 Å². The van der Waals surface area contributed by atoms with Crippen molar-refractivity contribution in [3.63, 3.8) is 0 Å². The molecule has 22 heavy (non-hydrogen) atoms. The van der Waals surface area contributed by atoms with E-state index in [0.29, 0.717) is 11.4 Å². The van der Waals surface area contributed by atoms with Crippen molar-refractivity contribution in [1.29, 1.82) is 0 Å². The van der Waals surface area contributed by atoms with Crippen molar-refractivity contribution < 1.29 is 14.3 Å². The summed E-state index contributed by atoms with van der Waals surface area (Å²) >= 11 is 0. The van der Waals surface area contributed by atoms with Crippen LogP contribution in [0.2, 0.25) is 0 Å². The van der Waals surface area contributed by atoms with E-state index in [0.717, 1.165) is 30.9 Å². The van der Waals surface area contributed by atoms with E-state index < -0.39 is 6.09 Å². The summed E-state index contributed by atoms with van der Waals surface area (Å²) in [5.41, 5.74) is 3.93. The first-order chi connectivity index (χ1) is 10.7.